The summed E-state index contributed by atoms with van der Waals surface area (Å²) in [5.41, 5.74) is 0. The van der Waals surface area contributed by atoms with E-state index in [-0.39, 0.29) is 36.8 Å². The Hall–Kier alpha value is -2.45. The van der Waals surface area contributed by atoms with Crippen LogP contribution in [0.15, 0.2) is 12.2 Å². The maximum absolute atomic E-state index is 12.3. The number of ether oxygens (including phenoxy) is 7. The molecule has 1 saturated carbocycles. The van der Waals surface area contributed by atoms with Crippen LogP contribution >= 0.6 is 0 Å². The summed E-state index contributed by atoms with van der Waals surface area (Å²) in [6.07, 6.45) is 16.9. The summed E-state index contributed by atoms with van der Waals surface area (Å²) in [5.74, 6) is 3.37. The number of unbranched alkanes of at least 4 members (excludes halogenated alkanes) is 5. The molecule has 2 aliphatic heterocycles. The maximum atomic E-state index is 12.3. The van der Waals surface area contributed by atoms with Crippen LogP contribution in [0.5, 0.6) is 0 Å². The summed E-state index contributed by atoms with van der Waals surface area (Å²) in [6.45, 7) is 7.42. The van der Waals surface area contributed by atoms with Gasteiger partial charge in [-0.2, -0.15) is 0 Å². The third-order valence-electron chi connectivity index (χ3n) is 8.80. The number of rotatable bonds is 18. The second-order valence-corrected chi connectivity index (χ2v) is 12.9. The van der Waals surface area contributed by atoms with Crippen molar-refractivity contribution in [3.05, 3.63) is 12.2 Å². The molecule has 266 valence electrons. The highest BCUT2D eigenvalue weighted by Crippen LogP contribution is 2.39. The summed E-state index contributed by atoms with van der Waals surface area (Å²) in [7, 11) is 0. The maximum Gasteiger partial charge on any atom is 0.334 e. The normalized spacial score (nSPS) is 26.5. The van der Waals surface area contributed by atoms with Gasteiger partial charge >= 0.3 is 23.9 Å². The molecule has 1 aliphatic carbocycles. The van der Waals surface area contributed by atoms with Gasteiger partial charge in [-0.05, 0) is 70.1 Å². The van der Waals surface area contributed by atoms with Crippen LogP contribution in [-0.4, -0.2) is 61.9 Å². The molecule has 47 heavy (non-hydrogen) atoms. The second-order valence-electron chi connectivity index (χ2n) is 12.9. The van der Waals surface area contributed by atoms with Gasteiger partial charge in [0.2, 0.25) is 0 Å². The molecule has 3 unspecified atom stereocenters. The van der Waals surface area contributed by atoms with Gasteiger partial charge in [0.05, 0.1) is 6.42 Å². The molecule has 0 aromatic rings. The topological polar surface area (TPSA) is 116 Å². The third-order valence-corrected chi connectivity index (χ3v) is 8.80. The summed E-state index contributed by atoms with van der Waals surface area (Å²) in [6, 6.07) is 0. The van der Waals surface area contributed by atoms with Gasteiger partial charge in [-0.25, -0.2) is 0 Å². The molecule has 0 radical (unpaired) electrons. The quantitative estimate of drug-likeness (QED) is 0.0371. The zero-order valence-electron chi connectivity index (χ0n) is 29.1. The molecule has 3 aliphatic rings. The number of esters is 3. The Kier molecular flexibility index (Phi) is 17.8. The zero-order chi connectivity index (χ0) is 33.9. The standard InChI is InChI=1S/C37H58O10/c1-5-6-7-8-9-10-11-18-31-22-23-34(44-29(3)39)33(31)27-32(43-28(2)38)19-12-15-24-37(45-30(4)40,46-35-20-13-16-25-41-35)47-36-21-14-17-26-42-36/h11,18,31-36H,5-10,13-17,20-27H2,1-4H3/t31-,32?,33+,34-,35?,36?,37?/m0/s1. The van der Waals surface area contributed by atoms with Crippen molar-refractivity contribution in [2.24, 2.45) is 11.8 Å². The molecule has 3 fully saturated rings. The van der Waals surface area contributed by atoms with E-state index in [1.807, 2.05) is 0 Å². The lowest BCUT2D eigenvalue weighted by Crippen LogP contribution is -2.48. The highest BCUT2D eigenvalue weighted by atomic mass is 16.9. The van der Waals surface area contributed by atoms with Gasteiger partial charge in [-0.15, -0.1) is 0 Å². The van der Waals surface area contributed by atoms with Gasteiger partial charge in [0.1, 0.15) is 6.10 Å². The van der Waals surface area contributed by atoms with Gasteiger partial charge in [-0.3, -0.25) is 23.9 Å². The van der Waals surface area contributed by atoms with Crippen LogP contribution < -0.4 is 0 Å². The third kappa shape index (κ3) is 15.1. The first-order valence-electron chi connectivity index (χ1n) is 18.0. The van der Waals surface area contributed by atoms with Crippen LogP contribution in [0.4, 0.5) is 0 Å². The largest absolute Gasteiger partial charge is 0.462 e. The number of carbonyl (C=O) groups excluding carboxylic acids is 3. The summed E-state index contributed by atoms with van der Waals surface area (Å²) in [4.78, 5) is 36.4. The minimum absolute atomic E-state index is 0.0346. The lowest BCUT2D eigenvalue weighted by molar-refractivity contribution is -0.440. The molecule has 2 saturated heterocycles. The Morgan fingerprint density at radius 1 is 0.851 bits per heavy atom. The van der Waals surface area contributed by atoms with Crippen LogP contribution in [0.1, 0.15) is 137 Å². The number of hydrogen-bond acceptors (Lipinski definition) is 10. The smallest absolute Gasteiger partial charge is 0.334 e. The molecule has 3 rings (SSSR count). The van der Waals surface area contributed by atoms with Crippen molar-refractivity contribution in [2.45, 2.75) is 168 Å². The van der Waals surface area contributed by atoms with Gasteiger partial charge in [0.15, 0.2) is 18.7 Å². The van der Waals surface area contributed by atoms with E-state index in [4.69, 9.17) is 33.2 Å². The van der Waals surface area contributed by atoms with E-state index in [0.29, 0.717) is 32.5 Å². The molecule has 0 spiro atoms. The Morgan fingerprint density at radius 2 is 1.53 bits per heavy atom. The Labute approximate surface area is 281 Å². The lowest BCUT2D eigenvalue weighted by atomic mass is 9.88. The summed E-state index contributed by atoms with van der Waals surface area (Å²) >= 11 is 0. The summed E-state index contributed by atoms with van der Waals surface area (Å²) in [5, 5.41) is 0. The van der Waals surface area contributed by atoms with Crippen molar-refractivity contribution < 1.29 is 47.5 Å². The van der Waals surface area contributed by atoms with Gasteiger partial charge in [-0.1, -0.05) is 56.6 Å². The predicted octanol–water partition coefficient (Wildman–Crippen LogP) is 7.27. The number of hydrogen-bond donors (Lipinski definition) is 0. The minimum Gasteiger partial charge on any atom is -0.462 e. The molecule has 0 N–H and O–H groups in total. The number of allylic oxidation sites excluding steroid dienone is 2. The first kappa shape index (κ1) is 39.0. The van der Waals surface area contributed by atoms with E-state index in [0.717, 1.165) is 51.4 Å². The van der Waals surface area contributed by atoms with Crippen molar-refractivity contribution >= 4 is 17.9 Å². The fraction of sp³-hybridized carbons (Fsp3) is 0.811. The van der Waals surface area contributed by atoms with E-state index < -0.39 is 36.6 Å². The zero-order valence-corrected chi connectivity index (χ0v) is 29.1. The van der Waals surface area contributed by atoms with Crippen LogP contribution in [-0.2, 0) is 47.5 Å². The molecule has 0 aromatic carbocycles. The highest BCUT2D eigenvalue weighted by Gasteiger charge is 2.43. The fourth-order valence-corrected chi connectivity index (χ4v) is 6.58. The van der Waals surface area contributed by atoms with Gasteiger partial charge in [0.25, 0.3) is 0 Å². The second kappa shape index (κ2) is 21.5. The molecule has 0 aromatic heterocycles. The van der Waals surface area contributed by atoms with Crippen molar-refractivity contribution in [3.8, 4) is 11.8 Å². The van der Waals surface area contributed by atoms with E-state index in [9.17, 15) is 14.4 Å². The van der Waals surface area contributed by atoms with Crippen molar-refractivity contribution in [3.63, 3.8) is 0 Å². The van der Waals surface area contributed by atoms with Gasteiger partial charge < -0.3 is 23.7 Å². The Morgan fingerprint density at radius 3 is 2.11 bits per heavy atom. The first-order valence-corrected chi connectivity index (χ1v) is 18.0. The molecule has 6 atom stereocenters. The Bertz CT molecular complexity index is 1010. The van der Waals surface area contributed by atoms with E-state index in [2.05, 4.69) is 30.9 Å². The van der Waals surface area contributed by atoms with Gasteiger partial charge in [0, 0.05) is 52.7 Å². The average molecular weight is 663 g/mol. The van der Waals surface area contributed by atoms with Crippen LogP contribution in [0.3, 0.4) is 0 Å². The fourth-order valence-electron chi connectivity index (χ4n) is 6.58. The Balaban J connectivity index is 1.73. The molecule has 10 heteroatoms. The highest BCUT2D eigenvalue weighted by molar-refractivity contribution is 5.67. The monoisotopic (exact) mass is 662 g/mol. The van der Waals surface area contributed by atoms with Crippen molar-refractivity contribution in [1.82, 2.24) is 0 Å². The molecular formula is C37H58O10. The van der Waals surface area contributed by atoms with E-state index in [1.165, 1.54) is 46.5 Å². The van der Waals surface area contributed by atoms with Crippen molar-refractivity contribution in [1.29, 1.82) is 0 Å². The molecular weight excluding hydrogens is 604 g/mol. The molecule has 0 amide bonds. The average Bonchev–Trinajstić information content (AvgIpc) is 3.38. The molecule has 2 heterocycles. The number of carbonyl (C=O) groups is 3. The minimum atomic E-state index is -1.74. The van der Waals surface area contributed by atoms with E-state index >= 15 is 0 Å². The first-order chi connectivity index (χ1) is 22.7. The lowest BCUT2D eigenvalue weighted by Gasteiger charge is -2.39. The van der Waals surface area contributed by atoms with Crippen LogP contribution in [0, 0.1) is 23.7 Å². The van der Waals surface area contributed by atoms with Crippen molar-refractivity contribution in [2.75, 3.05) is 13.2 Å². The SMILES string of the molecule is CCCCCCCC=C[C@H]1CC[C@H](OC(C)=O)[C@@H]1CC(C#CCCC(OC(C)=O)(OC1CCCCO1)OC1CCCCO1)OC(C)=O. The predicted molar refractivity (Wildman–Crippen MR) is 175 cm³/mol. The van der Waals surface area contributed by atoms with E-state index in [1.54, 1.807) is 0 Å². The molecule has 0 bridgehead atoms. The molecule has 10 nitrogen and oxygen atoms in total. The van der Waals surface area contributed by atoms with Crippen LogP contribution in [0.25, 0.3) is 0 Å². The van der Waals surface area contributed by atoms with Crippen LogP contribution in [0.2, 0.25) is 0 Å². The summed E-state index contributed by atoms with van der Waals surface area (Å²) < 4.78 is 41.2.